The fourth-order valence-electron chi connectivity index (χ4n) is 2.49. The Morgan fingerprint density at radius 2 is 1.88 bits per heavy atom. The monoisotopic (exact) mass is 371 g/mol. The Morgan fingerprint density at radius 1 is 1.16 bits per heavy atom. The topological polar surface area (TPSA) is 63.2 Å². The number of esters is 1. The molecule has 1 heterocycles. The summed E-state index contributed by atoms with van der Waals surface area (Å²) in [6.45, 7) is 4.13. The van der Waals surface area contributed by atoms with Crippen LogP contribution in [0.2, 0.25) is 0 Å². The molecule has 0 fully saturated rings. The summed E-state index contributed by atoms with van der Waals surface area (Å²) < 4.78 is 5.81. The van der Waals surface area contributed by atoms with E-state index in [1.165, 1.54) is 12.7 Å². The SMILES string of the molecule is COC(=O)c1ccc(NC(=S)Nc2nc3c(C)cc(C)cc3s2)cc1. The van der Waals surface area contributed by atoms with Gasteiger partial charge in [-0.1, -0.05) is 17.4 Å². The number of nitrogens with zero attached hydrogens (tertiary/aromatic N) is 1. The van der Waals surface area contributed by atoms with E-state index in [9.17, 15) is 4.79 Å². The number of ether oxygens (including phenoxy) is 1. The van der Waals surface area contributed by atoms with Crippen molar-refractivity contribution in [2.45, 2.75) is 13.8 Å². The van der Waals surface area contributed by atoms with Crippen LogP contribution in [0, 0.1) is 13.8 Å². The molecule has 0 aliphatic rings. The molecule has 0 saturated carbocycles. The fraction of sp³-hybridized carbons (Fsp3) is 0.167. The minimum Gasteiger partial charge on any atom is -0.465 e. The predicted molar refractivity (Wildman–Crippen MR) is 107 cm³/mol. The van der Waals surface area contributed by atoms with Crippen LogP contribution in [0.4, 0.5) is 10.8 Å². The van der Waals surface area contributed by atoms with Crippen molar-refractivity contribution in [3.8, 4) is 0 Å². The molecule has 2 N–H and O–H groups in total. The van der Waals surface area contributed by atoms with Gasteiger partial charge in [-0.2, -0.15) is 0 Å². The number of benzene rings is 2. The third kappa shape index (κ3) is 3.94. The molecule has 0 saturated heterocycles. The van der Waals surface area contributed by atoms with Gasteiger partial charge in [-0.3, -0.25) is 0 Å². The number of hydrogen-bond acceptors (Lipinski definition) is 5. The smallest absolute Gasteiger partial charge is 0.337 e. The molecular weight excluding hydrogens is 354 g/mol. The fourth-order valence-corrected chi connectivity index (χ4v) is 3.82. The van der Waals surface area contributed by atoms with Crippen LogP contribution >= 0.6 is 23.6 Å². The first kappa shape index (κ1) is 17.3. The van der Waals surface area contributed by atoms with E-state index in [1.54, 1.807) is 35.6 Å². The van der Waals surface area contributed by atoms with Crippen LogP contribution < -0.4 is 10.6 Å². The van der Waals surface area contributed by atoms with Crippen LogP contribution in [0.3, 0.4) is 0 Å². The number of methoxy groups -OCH3 is 1. The van der Waals surface area contributed by atoms with E-state index in [4.69, 9.17) is 12.2 Å². The number of nitrogens with one attached hydrogen (secondary N) is 2. The molecule has 3 aromatic rings. The van der Waals surface area contributed by atoms with E-state index in [0.29, 0.717) is 10.7 Å². The quantitative estimate of drug-likeness (QED) is 0.522. The van der Waals surface area contributed by atoms with E-state index < -0.39 is 0 Å². The number of hydrogen-bond donors (Lipinski definition) is 2. The number of thiocarbonyl (C=S) groups is 1. The molecule has 0 bridgehead atoms. The summed E-state index contributed by atoms with van der Waals surface area (Å²) in [5.41, 5.74) is 4.62. The van der Waals surface area contributed by atoms with Crippen LogP contribution in [0.5, 0.6) is 0 Å². The van der Waals surface area contributed by atoms with Gasteiger partial charge in [0.25, 0.3) is 0 Å². The number of fused-ring (bicyclic) bond motifs is 1. The Morgan fingerprint density at radius 3 is 2.56 bits per heavy atom. The zero-order valence-electron chi connectivity index (χ0n) is 14.0. The summed E-state index contributed by atoms with van der Waals surface area (Å²) >= 11 is 6.90. The lowest BCUT2D eigenvalue weighted by atomic mass is 10.1. The van der Waals surface area contributed by atoms with E-state index in [1.807, 2.05) is 0 Å². The lowest BCUT2D eigenvalue weighted by Crippen LogP contribution is -2.18. The molecule has 7 heteroatoms. The highest BCUT2D eigenvalue weighted by atomic mass is 32.1. The molecule has 0 unspecified atom stereocenters. The molecular formula is C18H17N3O2S2. The van der Waals surface area contributed by atoms with Crippen LogP contribution in [0.15, 0.2) is 36.4 Å². The van der Waals surface area contributed by atoms with Gasteiger partial charge in [0.1, 0.15) is 0 Å². The Kier molecular flexibility index (Phi) is 4.96. The average Bonchev–Trinajstić information content (AvgIpc) is 2.97. The van der Waals surface area contributed by atoms with Crippen LogP contribution in [-0.4, -0.2) is 23.2 Å². The van der Waals surface area contributed by atoms with Gasteiger partial charge in [0.2, 0.25) is 0 Å². The highest BCUT2D eigenvalue weighted by Gasteiger charge is 2.09. The second-order valence-corrected chi connectivity index (χ2v) is 7.03. The third-order valence-electron chi connectivity index (χ3n) is 3.61. The molecule has 25 heavy (non-hydrogen) atoms. The lowest BCUT2D eigenvalue weighted by molar-refractivity contribution is 0.0601. The zero-order valence-corrected chi connectivity index (χ0v) is 15.7. The molecule has 2 aromatic carbocycles. The van der Waals surface area contributed by atoms with Crippen molar-refractivity contribution in [2.24, 2.45) is 0 Å². The molecule has 0 aliphatic carbocycles. The number of carbonyl (C=O) groups is 1. The normalized spacial score (nSPS) is 10.5. The molecule has 128 valence electrons. The number of aryl methyl sites for hydroxylation is 2. The van der Waals surface area contributed by atoms with Crippen LogP contribution in [-0.2, 0) is 4.74 Å². The second kappa shape index (κ2) is 7.16. The molecule has 0 atom stereocenters. The molecule has 0 radical (unpaired) electrons. The minimum atomic E-state index is -0.368. The van der Waals surface area contributed by atoms with Gasteiger partial charge < -0.3 is 15.4 Å². The van der Waals surface area contributed by atoms with E-state index >= 15 is 0 Å². The van der Waals surface area contributed by atoms with Crippen molar-refractivity contribution >= 4 is 55.7 Å². The van der Waals surface area contributed by atoms with E-state index in [0.717, 1.165) is 26.6 Å². The molecule has 0 amide bonds. The van der Waals surface area contributed by atoms with E-state index in [-0.39, 0.29) is 5.97 Å². The Labute approximate surface area is 155 Å². The van der Waals surface area contributed by atoms with Gasteiger partial charge in [-0.15, -0.1) is 0 Å². The number of thiazole rings is 1. The van der Waals surface area contributed by atoms with Gasteiger partial charge in [0.05, 0.1) is 22.9 Å². The first-order valence-electron chi connectivity index (χ1n) is 7.60. The standard InChI is InChI=1S/C18H17N3O2S2/c1-10-8-11(2)15-14(9-10)25-18(20-15)21-17(24)19-13-6-4-12(5-7-13)16(22)23-3/h4-9H,1-3H3,(H2,19,20,21,24). The summed E-state index contributed by atoms with van der Waals surface area (Å²) in [7, 11) is 1.36. The maximum Gasteiger partial charge on any atom is 0.337 e. The predicted octanol–water partition coefficient (Wildman–Crippen LogP) is 4.51. The van der Waals surface area contributed by atoms with Crippen molar-refractivity contribution in [3.63, 3.8) is 0 Å². The minimum absolute atomic E-state index is 0.368. The number of aromatic nitrogens is 1. The van der Waals surface area contributed by atoms with Crippen molar-refractivity contribution in [3.05, 3.63) is 53.1 Å². The Bertz CT molecular complexity index is 949. The van der Waals surface area contributed by atoms with E-state index in [2.05, 4.69) is 46.3 Å². The average molecular weight is 371 g/mol. The number of carbonyl (C=O) groups excluding carboxylic acids is 1. The molecule has 1 aromatic heterocycles. The Balaban J connectivity index is 1.70. The summed E-state index contributed by atoms with van der Waals surface area (Å²) in [4.78, 5) is 16.0. The summed E-state index contributed by atoms with van der Waals surface area (Å²) in [5.74, 6) is -0.368. The van der Waals surface area contributed by atoms with Gasteiger partial charge in [0, 0.05) is 5.69 Å². The van der Waals surface area contributed by atoms with Crippen molar-refractivity contribution < 1.29 is 9.53 Å². The maximum atomic E-state index is 11.4. The van der Waals surface area contributed by atoms with Gasteiger partial charge >= 0.3 is 5.97 Å². The second-order valence-electron chi connectivity index (χ2n) is 5.60. The van der Waals surface area contributed by atoms with Gasteiger partial charge in [-0.05, 0) is 67.5 Å². The van der Waals surface area contributed by atoms with Gasteiger partial charge in [-0.25, -0.2) is 9.78 Å². The molecule has 5 nitrogen and oxygen atoms in total. The maximum absolute atomic E-state index is 11.4. The molecule has 3 rings (SSSR count). The zero-order chi connectivity index (χ0) is 18.0. The first-order valence-corrected chi connectivity index (χ1v) is 8.83. The van der Waals surface area contributed by atoms with Crippen molar-refractivity contribution in [1.82, 2.24) is 4.98 Å². The molecule has 0 spiro atoms. The van der Waals surface area contributed by atoms with Crippen LogP contribution in [0.1, 0.15) is 21.5 Å². The van der Waals surface area contributed by atoms with Crippen molar-refractivity contribution in [1.29, 1.82) is 0 Å². The van der Waals surface area contributed by atoms with Gasteiger partial charge in [0.15, 0.2) is 10.2 Å². The number of anilines is 2. The number of rotatable bonds is 3. The molecule has 0 aliphatic heterocycles. The highest BCUT2D eigenvalue weighted by Crippen LogP contribution is 2.29. The highest BCUT2D eigenvalue weighted by molar-refractivity contribution is 7.80. The third-order valence-corrected chi connectivity index (χ3v) is 4.74. The van der Waals surface area contributed by atoms with Crippen LogP contribution in [0.25, 0.3) is 10.2 Å². The summed E-state index contributed by atoms with van der Waals surface area (Å²) in [6, 6.07) is 11.1. The van der Waals surface area contributed by atoms with Crippen molar-refractivity contribution in [2.75, 3.05) is 17.7 Å². The Hall–Kier alpha value is -2.51. The lowest BCUT2D eigenvalue weighted by Gasteiger charge is -2.08. The summed E-state index contributed by atoms with van der Waals surface area (Å²) in [6.07, 6.45) is 0. The first-order chi connectivity index (χ1) is 12.0. The largest absolute Gasteiger partial charge is 0.465 e. The summed E-state index contributed by atoms with van der Waals surface area (Å²) in [5, 5.41) is 7.38.